The molecule has 0 fully saturated rings. The van der Waals surface area contributed by atoms with E-state index in [4.69, 9.17) is 9.47 Å². The lowest BCUT2D eigenvalue weighted by atomic mass is 10.1. The number of carbonyl (C=O) groups is 3. The summed E-state index contributed by atoms with van der Waals surface area (Å²) in [5.41, 5.74) is 2.14. The molecule has 0 spiro atoms. The van der Waals surface area contributed by atoms with E-state index in [9.17, 15) is 14.4 Å². The number of methoxy groups -OCH3 is 2. The van der Waals surface area contributed by atoms with Gasteiger partial charge >= 0.3 is 0 Å². The normalized spacial score (nSPS) is 12.8. The molecule has 0 atom stereocenters. The van der Waals surface area contributed by atoms with Crippen LogP contribution in [0.15, 0.2) is 36.4 Å². The summed E-state index contributed by atoms with van der Waals surface area (Å²) < 4.78 is 10.5. The highest BCUT2D eigenvalue weighted by Crippen LogP contribution is 2.33. The summed E-state index contributed by atoms with van der Waals surface area (Å²) in [6, 6.07) is 10.1. The summed E-state index contributed by atoms with van der Waals surface area (Å²) >= 11 is 0. The van der Waals surface area contributed by atoms with Crippen LogP contribution >= 0.6 is 0 Å². The Labute approximate surface area is 156 Å². The average molecular weight is 368 g/mol. The second kappa shape index (κ2) is 7.49. The standard InChI is InChI=1S/C20H20N2O5/c1-12-10-16(26-2)17(27-3)11-15(12)21-18(23)8-9-22-19(24)13-6-4-5-7-14(13)20(22)25/h4-7,10-11H,8-9H2,1-3H3,(H,21,23). The minimum atomic E-state index is -0.370. The Hall–Kier alpha value is -3.35. The average Bonchev–Trinajstić information content (AvgIpc) is 2.92. The molecule has 0 saturated heterocycles. The van der Waals surface area contributed by atoms with Crippen LogP contribution in [0.4, 0.5) is 5.69 Å². The van der Waals surface area contributed by atoms with E-state index in [0.717, 1.165) is 10.5 Å². The number of benzene rings is 2. The summed E-state index contributed by atoms with van der Waals surface area (Å²) in [4.78, 5) is 38.1. The van der Waals surface area contributed by atoms with Crippen LogP contribution in [0, 0.1) is 6.92 Å². The van der Waals surface area contributed by atoms with E-state index in [1.807, 2.05) is 6.92 Å². The monoisotopic (exact) mass is 368 g/mol. The fourth-order valence-electron chi connectivity index (χ4n) is 2.98. The van der Waals surface area contributed by atoms with Crippen LogP contribution < -0.4 is 14.8 Å². The van der Waals surface area contributed by atoms with Gasteiger partial charge in [0.1, 0.15) is 0 Å². The second-order valence-electron chi connectivity index (χ2n) is 6.13. The number of nitrogens with zero attached hydrogens (tertiary/aromatic N) is 1. The number of amides is 3. The van der Waals surface area contributed by atoms with Crippen LogP contribution in [-0.2, 0) is 4.79 Å². The van der Waals surface area contributed by atoms with Crippen LogP contribution in [0.25, 0.3) is 0 Å². The van der Waals surface area contributed by atoms with Gasteiger partial charge in [-0.1, -0.05) is 12.1 Å². The maximum absolute atomic E-state index is 12.3. The molecule has 7 heteroatoms. The third-order valence-electron chi connectivity index (χ3n) is 4.45. The van der Waals surface area contributed by atoms with Gasteiger partial charge in [-0.2, -0.15) is 0 Å². The number of hydrogen-bond donors (Lipinski definition) is 1. The van der Waals surface area contributed by atoms with Crippen molar-refractivity contribution >= 4 is 23.4 Å². The third-order valence-corrected chi connectivity index (χ3v) is 4.45. The van der Waals surface area contributed by atoms with Gasteiger partial charge in [0, 0.05) is 24.7 Å². The van der Waals surface area contributed by atoms with Gasteiger partial charge in [0.2, 0.25) is 5.91 Å². The van der Waals surface area contributed by atoms with Gasteiger partial charge < -0.3 is 14.8 Å². The topological polar surface area (TPSA) is 84.9 Å². The molecule has 0 radical (unpaired) electrons. The number of aryl methyl sites for hydroxylation is 1. The Morgan fingerprint density at radius 3 is 2.11 bits per heavy atom. The van der Waals surface area contributed by atoms with Crippen molar-refractivity contribution in [3.63, 3.8) is 0 Å². The van der Waals surface area contributed by atoms with Gasteiger partial charge in [-0.25, -0.2) is 0 Å². The van der Waals surface area contributed by atoms with E-state index in [2.05, 4.69) is 5.32 Å². The Morgan fingerprint density at radius 1 is 1.00 bits per heavy atom. The van der Waals surface area contributed by atoms with E-state index >= 15 is 0 Å². The van der Waals surface area contributed by atoms with E-state index in [1.54, 1.807) is 36.4 Å². The number of carbonyl (C=O) groups excluding carboxylic acids is 3. The Balaban J connectivity index is 1.66. The summed E-state index contributed by atoms with van der Waals surface area (Å²) in [7, 11) is 3.05. The molecule has 3 rings (SSSR count). The van der Waals surface area contributed by atoms with Crippen molar-refractivity contribution in [1.29, 1.82) is 0 Å². The smallest absolute Gasteiger partial charge is 0.261 e. The Kier molecular flexibility index (Phi) is 5.12. The number of nitrogens with one attached hydrogen (secondary N) is 1. The van der Waals surface area contributed by atoms with Gasteiger partial charge in [0.15, 0.2) is 11.5 Å². The van der Waals surface area contributed by atoms with Crippen LogP contribution in [0.3, 0.4) is 0 Å². The lowest BCUT2D eigenvalue weighted by molar-refractivity contribution is -0.116. The fourth-order valence-corrected chi connectivity index (χ4v) is 2.98. The van der Waals surface area contributed by atoms with Crippen molar-refractivity contribution < 1.29 is 23.9 Å². The molecular weight excluding hydrogens is 348 g/mol. The first kappa shape index (κ1) is 18.4. The van der Waals surface area contributed by atoms with Crippen LogP contribution in [0.5, 0.6) is 11.5 Å². The Bertz CT molecular complexity index is 888. The van der Waals surface area contributed by atoms with Crippen LogP contribution in [0.1, 0.15) is 32.7 Å². The molecule has 1 aliphatic rings. The van der Waals surface area contributed by atoms with E-state index < -0.39 is 0 Å². The van der Waals surface area contributed by atoms with E-state index in [1.165, 1.54) is 14.2 Å². The number of fused-ring (bicyclic) bond motifs is 1. The number of ether oxygens (including phenoxy) is 2. The minimum absolute atomic E-state index is 0.000741. The molecule has 1 aliphatic heterocycles. The number of anilines is 1. The lowest BCUT2D eigenvalue weighted by Crippen LogP contribution is -2.32. The van der Waals surface area contributed by atoms with Gasteiger partial charge in [-0.15, -0.1) is 0 Å². The van der Waals surface area contributed by atoms with E-state index in [-0.39, 0.29) is 30.7 Å². The number of rotatable bonds is 6. The van der Waals surface area contributed by atoms with Gasteiger partial charge in [-0.3, -0.25) is 19.3 Å². The highest BCUT2D eigenvalue weighted by atomic mass is 16.5. The van der Waals surface area contributed by atoms with Gasteiger partial charge in [0.05, 0.1) is 25.3 Å². The Morgan fingerprint density at radius 2 is 1.56 bits per heavy atom. The van der Waals surface area contributed by atoms with Crippen LogP contribution in [-0.4, -0.2) is 43.4 Å². The highest BCUT2D eigenvalue weighted by Gasteiger charge is 2.34. The highest BCUT2D eigenvalue weighted by molar-refractivity contribution is 6.21. The third kappa shape index (κ3) is 3.48. The maximum atomic E-state index is 12.3. The van der Waals surface area contributed by atoms with E-state index in [0.29, 0.717) is 28.3 Å². The molecule has 0 unspecified atom stereocenters. The van der Waals surface area contributed by atoms with Crippen molar-refractivity contribution in [3.05, 3.63) is 53.1 Å². The summed E-state index contributed by atoms with van der Waals surface area (Å²) in [5.74, 6) is 0.0241. The number of imide groups is 1. The summed E-state index contributed by atoms with van der Waals surface area (Å²) in [5, 5.41) is 2.79. The second-order valence-corrected chi connectivity index (χ2v) is 6.13. The molecule has 0 bridgehead atoms. The molecule has 27 heavy (non-hydrogen) atoms. The van der Waals surface area contributed by atoms with Crippen molar-refractivity contribution in [1.82, 2.24) is 4.90 Å². The molecular formula is C20H20N2O5. The zero-order valence-corrected chi connectivity index (χ0v) is 15.4. The SMILES string of the molecule is COc1cc(C)c(NC(=O)CCN2C(=O)c3ccccc3C2=O)cc1OC. The molecule has 2 aromatic rings. The fraction of sp³-hybridized carbons (Fsp3) is 0.250. The molecule has 0 saturated carbocycles. The molecule has 0 aromatic heterocycles. The first-order valence-corrected chi connectivity index (χ1v) is 8.44. The molecule has 1 N–H and O–H groups in total. The number of hydrogen-bond acceptors (Lipinski definition) is 5. The van der Waals surface area contributed by atoms with Crippen LogP contribution in [0.2, 0.25) is 0 Å². The molecule has 2 aromatic carbocycles. The maximum Gasteiger partial charge on any atom is 0.261 e. The first-order valence-electron chi connectivity index (χ1n) is 8.44. The van der Waals surface area contributed by atoms with Crippen molar-refractivity contribution in [3.8, 4) is 11.5 Å². The van der Waals surface area contributed by atoms with Gasteiger partial charge in [0.25, 0.3) is 11.8 Å². The predicted octanol–water partition coefficient (Wildman–Crippen LogP) is 2.64. The molecule has 7 nitrogen and oxygen atoms in total. The van der Waals surface area contributed by atoms with Crippen molar-refractivity contribution in [2.45, 2.75) is 13.3 Å². The largest absolute Gasteiger partial charge is 0.493 e. The summed E-state index contributed by atoms with van der Waals surface area (Å²) in [6.45, 7) is 1.85. The molecule has 3 amide bonds. The lowest BCUT2D eigenvalue weighted by Gasteiger charge is -2.15. The van der Waals surface area contributed by atoms with Crippen molar-refractivity contribution in [2.24, 2.45) is 0 Å². The molecule has 0 aliphatic carbocycles. The first-order chi connectivity index (χ1) is 13.0. The van der Waals surface area contributed by atoms with Gasteiger partial charge in [-0.05, 0) is 30.7 Å². The van der Waals surface area contributed by atoms with Crippen molar-refractivity contribution in [2.75, 3.05) is 26.1 Å². The minimum Gasteiger partial charge on any atom is -0.493 e. The molecule has 1 heterocycles. The summed E-state index contributed by atoms with van der Waals surface area (Å²) in [6.07, 6.45) is -0.000741. The molecule has 140 valence electrons. The predicted molar refractivity (Wildman–Crippen MR) is 99.3 cm³/mol. The zero-order chi connectivity index (χ0) is 19.6. The quantitative estimate of drug-likeness (QED) is 0.793. The zero-order valence-electron chi connectivity index (χ0n) is 15.4.